The van der Waals surface area contributed by atoms with Crippen molar-refractivity contribution in [2.75, 3.05) is 16.1 Å². The molecule has 1 atom stereocenters. The second-order valence-corrected chi connectivity index (χ2v) is 9.88. The predicted octanol–water partition coefficient (Wildman–Crippen LogP) is 3.41. The van der Waals surface area contributed by atoms with Crippen LogP contribution in [0.2, 0.25) is 0 Å². The molecule has 186 valence electrons. The Morgan fingerprint density at radius 3 is 2.31 bits per heavy atom. The van der Waals surface area contributed by atoms with Gasteiger partial charge in [0.2, 0.25) is 5.91 Å². The first-order chi connectivity index (χ1) is 17.1. The van der Waals surface area contributed by atoms with Gasteiger partial charge in [0, 0.05) is 0 Å². The molecule has 0 unspecified atom stereocenters. The summed E-state index contributed by atoms with van der Waals surface area (Å²) in [5.74, 6) is -0.266. The number of carbonyl (C=O) groups excluding carboxylic acids is 1. The minimum absolute atomic E-state index is 0.0507. The SMILES string of the molecule is C[C@@](N)(C(N)=O)c1cccc(S(=O)(=O)Nc2nc3ccccc3nc2Nc2ccccc2OCCl)c1. The van der Waals surface area contributed by atoms with E-state index in [9.17, 15) is 13.2 Å². The highest BCUT2D eigenvalue weighted by Gasteiger charge is 2.30. The normalized spacial score (nSPS) is 13.1. The number of fused-ring (bicyclic) bond motifs is 1. The average Bonchev–Trinajstić information content (AvgIpc) is 2.85. The van der Waals surface area contributed by atoms with Gasteiger partial charge in [-0.25, -0.2) is 18.4 Å². The first-order valence-corrected chi connectivity index (χ1v) is 12.7. The molecule has 0 spiro atoms. The zero-order chi connectivity index (χ0) is 25.9. The van der Waals surface area contributed by atoms with Crippen molar-refractivity contribution in [3.05, 3.63) is 78.4 Å². The van der Waals surface area contributed by atoms with E-state index < -0.39 is 21.5 Å². The molecule has 1 heterocycles. The fourth-order valence-corrected chi connectivity index (χ4v) is 4.53. The molecule has 0 aliphatic carbocycles. The van der Waals surface area contributed by atoms with E-state index in [1.54, 1.807) is 48.5 Å². The number of aromatic nitrogens is 2. The Bertz CT molecular complexity index is 1540. The monoisotopic (exact) mass is 526 g/mol. The Kier molecular flexibility index (Phi) is 6.97. The molecule has 0 radical (unpaired) electrons. The number of amides is 1. The third kappa shape index (κ3) is 5.18. The van der Waals surface area contributed by atoms with Crippen LogP contribution in [0.4, 0.5) is 17.3 Å². The lowest BCUT2D eigenvalue weighted by Crippen LogP contribution is -2.46. The molecule has 6 N–H and O–H groups in total. The topological polar surface area (TPSA) is 162 Å². The summed E-state index contributed by atoms with van der Waals surface area (Å²) < 4.78 is 34.6. The average molecular weight is 527 g/mol. The Morgan fingerprint density at radius 2 is 1.64 bits per heavy atom. The maximum absolute atomic E-state index is 13.4. The van der Waals surface area contributed by atoms with Crippen molar-refractivity contribution in [2.45, 2.75) is 17.4 Å². The molecule has 1 amide bonds. The van der Waals surface area contributed by atoms with Gasteiger partial charge in [-0.3, -0.25) is 9.52 Å². The maximum Gasteiger partial charge on any atom is 0.263 e. The number of alkyl halides is 1. The molecule has 0 saturated heterocycles. The quantitative estimate of drug-likeness (QED) is 0.241. The number of primary amides is 1. The third-order valence-corrected chi connectivity index (χ3v) is 6.85. The van der Waals surface area contributed by atoms with Crippen LogP contribution >= 0.6 is 11.6 Å². The number of ether oxygens (including phenoxy) is 1. The number of para-hydroxylation sites is 4. The zero-order valence-electron chi connectivity index (χ0n) is 19.1. The minimum atomic E-state index is -4.18. The lowest BCUT2D eigenvalue weighted by Gasteiger charge is -2.21. The van der Waals surface area contributed by atoms with Gasteiger partial charge < -0.3 is 21.5 Å². The summed E-state index contributed by atoms with van der Waals surface area (Å²) in [6, 6.07) is 19.6. The van der Waals surface area contributed by atoms with Crippen LogP contribution in [0, 0.1) is 0 Å². The molecule has 0 saturated carbocycles. The van der Waals surface area contributed by atoms with Gasteiger partial charge in [0.25, 0.3) is 10.0 Å². The van der Waals surface area contributed by atoms with Crippen LogP contribution < -0.4 is 26.2 Å². The van der Waals surface area contributed by atoms with Gasteiger partial charge in [-0.05, 0) is 48.9 Å². The van der Waals surface area contributed by atoms with Crippen LogP contribution in [-0.4, -0.2) is 30.4 Å². The summed E-state index contributed by atoms with van der Waals surface area (Å²) in [6.45, 7) is 1.41. The van der Waals surface area contributed by atoms with E-state index in [2.05, 4.69) is 20.0 Å². The number of nitrogens with zero attached hydrogens (tertiary/aromatic N) is 2. The van der Waals surface area contributed by atoms with Crippen molar-refractivity contribution in [2.24, 2.45) is 11.5 Å². The predicted molar refractivity (Wildman–Crippen MR) is 139 cm³/mol. The maximum atomic E-state index is 13.4. The van der Waals surface area contributed by atoms with E-state index in [1.165, 1.54) is 31.2 Å². The molecule has 0 fully saturated rings. The smallest absolute Gasteiger partial charge is 0.263 e. The fraction of sp³-hybridized carbons (Fsp3) is 0.125. The minimum Gasteiger partial charge on any atom is -0.476 e. The lowest BCUT2D eigenvalue weighted by atomic mass is 9.93. The second-order valence-electron chi connectivity index (χ2n) is 7.98. The Labute approximate surface area is 212 Å². The number of hydrogen-bond donors (Lipinski definition) is 4. The van der Waals surface area contributed by atoms with E-state index in [-0.39, 0.29) is 28.2 Å². The van der Waals surface area contributed by atoms with Crippen LogP contribution in [0.3, 0.4) is 0 Å². The highest BCUT2D eigenvalue weighted by Crippen LogP contribution is 2.32. The number of carbonyl (C=O) groups is 1. The number of nitrogens with one attached hydrogen (secondary N) is 2. The third-order valence-electron chi connectivity index (χ3n) is 5.41. The summed E-state index contributed by atoms with van der Waals surface area (Å²) in [5, 5.41) is 3.08. The van der Waals surface area contributed by atoms with Crippen molar-refractivity contribution in [3.8, 4) is 5.75 Å². The van der Waals surface area contributed by atoms with Crippen molar-refractivity contribution >= 4 is 55.9 Å². The van der Waals surface area contributed by atoms with Crippen molar-refractivity contribution in [3.63, 3.8) is 0 Å². The van der Waals surface area contributed by atoms with E-state index >= 15 is 0 Å². The number of sulfonamides is 1. The molecule has 4 rings (SSSR count). The van der Waals surface area contributed by atoms with E-state index in [1.807, 2.05) is 0 Å². The molecule has 1 aromatic heterocycles. The molecule has 0 aliphatic rings. The largest absolute Gasteiger partial charge is 0.476 e. The summed E-state index contributed by atoms with van der Waals surface area (Å²) in [5.41, 5.74) is 11.6. The van der Waals surface area contributed by atoms with Gasteiger partial charge in [0.15, 0.2) is 17.7 Å². The van der Waals surface area contributed by atoms with Crippen molar-refractivity contribution < 1.29 is 17.9 Å². The Hall–Kier alpha value is -3.93. The lowest BCUT2D eigenvalue weighted by molar-refractivity contribution is -0.122. The Balaban J connectivity index is 1.77. The van der Waals surface area contributed by atoms with Crippen LogP contribution in [0.5, 0.6) is 5.75 Å². The summed E-state index contributed by atoms with van der Waals surface area (Å²) >= 11 is 5.73. The molecular weight excluding hydrogens is 504 g/mol. The first-order valence-electron chi connectivity index (χ1n) is 10.7. The second kappa shape index (κ2) is 9.97. The molecule has 4 aromatic rings. The highest BCUT2D eigenvalue weighted by molar-refractivity contribution is 7.92. The Morgan fingerprint density at radius 1 is 1.00 bits per heavy atom. The summed E-state index contributed by atoms with van der Waals surface area (Å²) in [4.78, 5) is 20.7. The van der Waals surface area contributed by atoms with Gasteiger partial charge >= 0.3 is 0 Å². The number of hydrogen-bond acceptors (Lipinski definition) is 8. The summed E-state index contributed by atoms with van der Waals surface area (Å²) in [6.07, 6.45) is 0. The van der Waals surface area contributed by atoms with Crippen LogP contribution in [0.15, 0.2) is 77.7 Å². The summed E-state index contributed by atoms with van der Waals surface area (Å²) in [7, 11) is -4.18. The number of halogens is 1. The zero-order valence-corrected chi connectivity index (χ0v) is 20.7. The van der Waals surface area contributed by atoms with Gasteiger partial charge in [-0.2, -0.15) is 0 Å². The molecule has 12 heteroatoms. The van der Waals surface area contributed by atoms with E-state index in [0.29, 0.717) is 22.5 Å². The molecule has 36 heavy (non-hydrogen) atoms. The number of rotatable bonds is 9. The molecule has 0 bridgehead atoms. The van der Waals surface area contributed by atoms with E-state index in [0.717, 1.165) is 0 Å². The van der Waals surface area contributed by atoms with Crippen LogP contribution in [0.25, 0.3) is 11.0 Å². The van der Waals surface area contributed by atoms with Crippen LogP contribution in [0.1, 0.15) is 12.5 Å². The fourth-order valence-electron chi connectivity index (χ4n) is 3.36. The standard InChI is InChI=1S/C24H23ClN6O4S/c1-24(27,23(26)32)15-7-6-8-16(13-15)36(33,34)31-22-21(28-17-9-2-3-10-18(17)29-22)30-19-11-4-5-12-20(19)35-14-25/h2-13H,14,27H2,1H3,(H2,26,32)(H,28,30)(H,29,31)/t24-/m0/s1. The van der Waals surface area contributed by atoms with Crippen LogP contribution in [-0.2, 0) is 20.4 Å². The molecular formula is C24H23ClN6O4S. The van der Waals surface area contributed by atoms with Crippen molar-refractivity contribution in [1.29, 1.82) is 0 Å². The van der Waals surface area contributed by atoms with E-state index in [4.69, 9.17) is 27.8 Å². The molecule has 3 aromatic carbocycles. The van der Waals surface area contributed by atoms with Gasteiger partial charge in [0.1, 0.15) is 11.3 Å². The van der Waals surface area contributed by atoms with Gasteiger partial charge in [-0.15, -0.1) is 0 Å². The number of benzene rings is 3. The van der Waals surface area contributed by atoms with Gasteiger partial charge in [0.05, 0.1) is 21.6 Å². The van der Waals surface area contributed by atoms with Gasteiger partial charge in [-0.1, -0.05) is 48.0 Å². The molecule has 10 nitrogen and oxygen atoms in total. The highest BCUT2D eigenvalue weighted by atomic mass is 35.5. The first kappa shape index (κ1) is 25.2. The number of nitrogens with two attached hydrogens (primary N) is 2. The number of anilines is 3. The van der Waals surface area contributed by atoms with Crippen molar-refractivity contribution in [1.82, 2.24) is 9.97 Å². The molecule has 0 aliphatic heterocycles.